The molecule has 0 radical (unpaired) electrons. The summed E-state index contributed by atoms with van der Waals surface area (Å²) in [4.78, 5) is 16.0. The van der Waals surface area contributed by atoms with Gasteiger partial charge < -0.3 is 15.4 Å². The van der Waals surface area contributed by atoms with Crippen molar-refractivity contribution in [3.05, 3.63) is 23.9 Å². The Kier molecular flexibility index (Phi) is 4.45. The van der Waals surface area contributed by atoms with Crippen molar-refractivity contribution >= 4 is 11.7 Å². The van der Waals surface area contributed by atoms with Gasteiger partial charge >= 0.3 is 0 Å². The second-order valence-corrected chi connectivity index (χ2v) is 4.45. The van der Waals surface area contributed by atoms with Crippen LogP contribution in [0.2, 0.25) is 0 Å². The van der Waals surface area contributed by atoms with E-state index in [1.54, 1.807) is 32.5 Å². The van der Waals surface area contributed by atoms with Crippen molar-refractivity contribution in [3.63, 3.8) is 0 Å². The lowest BCUT2D eigenvalue weighted by molar-refractivity contribution is 0.0819. The summed E-state index contributed by atoms with van der Waals surface area (Å²) in [5.74, 6) is 0.583. The van der Waals surface area contributed by atoms with Crippen molar-refractivity contribution in [1.29, 1.82) is 0 Å². The standard InChI is InChI=1S/C12H19N3O2/c1-12(2,8-17-4)15-11(16)9-5-6-10(13-3)14-7-9/h5-7H,8H2,1-4H3,(H,13,14)(H,15,16). The van der Waals surface area contributed by atoms with Crippen LogP contribution in [0.15, 0.2) is 18.3 Å². The van der Waals surface area contributed by atoms with Crippen molar-refractivity contribution in [2.24, 2.45) is 0 Å². The van der Waals surface area contributed by atoms with Crippen LogP contribution in [-0.2, 0) is 4.74 Å². The van der Waals surface area contributed by atoms with Gasteiger partial charge in [0.1, 0.15) is 5.82 Å². The molecule has 1 heterocycles. The van der Waals surface area contributed by atoms with E-state index in [4.69, 9.17) is 4.74 Å². The third-order valence-corrected chi connectivity index (χ3v) is 2.24. The number of amides is 1. The molecule has 2 N–H and O–H groups in total. The smallest absolute Gasteiger partial charge is 0.253 e. The molecule has 0 atom stereocenters. The highest BCUT2D eigenvalue weighted by Gasteiger charge is 2.20. The molecule has 0 spiro atoms. The predicted octanol–water partition coefficient (Wildman–Crippen LogP) is 1.28. The molecule has 0 aliphatic carbocycles. The molecule has 17 heavy (non-hydrogen) atoms. The maximum Gasteiger partial charge on any atom is 0.253 e. The Morgan fingerprint density at radius 1 is 1.47 bits per heavy atom. The number of rotatable bonds is 5. The highest BCUT2D eigenvalue weighted by molar-refractivity contribution is 5.94. The van der Waals surface area contributed by atoms with E-state index in [-0.39, 0.29) is 5.91 Å². The normalized spacial score (nSPS) is 11.1. The van der Waals surface area contributed by atoms with Crippen LogP contribution in [0.1, 0.15) is 24.2 Å². The minimum atomic E-state index is -0.395. The Labute approximate surface area is 102 Å². The van der Waals surface area contributed by atoms with Gasteiger partial charge in [0.2, 0.25) is 0 Å². The summed E-state index contributed by atoms with van der Waals surface area (Å²) in [6.45, 7) is 4.27. The number of pyridine rings is 1. The minimum absolute atomic E-state index is 0.151. The van der Waals surface area contributed by atoms with Crippen LogP contribution in [-0.4, -0.2) is 37.2 Å². The summed E-state index contributed by atoms with van der Waals surface area (Å²) in [7, 11) is 3.39. The van der Waals surface area contributed by atoms with E-state index in [9.17, 15) is 4.79 Å². The molecule has 1 aromatic heterocycles. The third-order valence-electron chi connectivity index (χ3n) is 2.24. The third kappa shape index (κ3) is 4.03. The molecule has 0 aromatic carbocycles. The van der Waals surface area contributed by atoms with Gasteiger partial charge in [-0.25, -0.2) is 4.98 Å². The van der Waals surface area contributed by atoms with Gasteiger partial charge in [0.25, 0.3) is 5.91 Å². The van der Waals surface area contributed by atoms with Crippen molar-refractivity contribution in [3.8, 4) is 0 Å². The first kappa shape index (κ1) is 13.4. The summed E-state index contributed by atoms with van der Waals surface area (Å²) < 4.78 is 5.04. The molecule has 0 saturated heterocycles. The van der Waals surface area contributed by atoms with Crippen LogP contribution in [0, 0.1) is 0 Å². The van der Waals surface area contributed by atoms with Crippen molar-refractivity contribution in [2.75, 3.05) is 26.1 Å². The summed E-state index contributed by atoms with van der Waals surface area (Å²) in [6.07, 6.45) is 1.55. The first-order valence-corrected chi connectivity index (χ1v) is 5.44. The van der Waals surface area contributed by atoms with Crippen LogP contribution in [0.4, 0.5) is 5.82 Å². The van der Waals surface area contributed by atoms with Crippen LogP contribution < -0.4 is 10.6 Å². The van der Waals surface area contributed by atoms with E-state index >= 15 is 0 Å². The number of carbonyl (C=O) groups excluding carboxylic acids is 1. The van der Waals surface area contributed by atoms with E-state index in [0.29, 0.717) is 12.2 Å². The van der Waals surface area contributed by atoms with Gasteiger partial charge in [0.15, 0.2) is 0 Å². The minimum Gasteiger partial charge on any atom is -0.382 e. The largest absolute Gasteiger partial charge is 0.382 e. The molecule has 5 heteroatoms. The molecule has 0 saturated carbocycles. The average molecular weight is 237 g/mol. The zero-order valence-corrected chi connectivity index (χ0v) is 10.7. The van der Waals surface area contributed by atoms with E-state index in [1.165, 1.54) is 0 Å². The summed E-state index contributed by atoms with van der Waals surface area (Å²) in [5, 5.41) is 5.79. The molecule has 0 unspecified atom stereocenters. The fourth-order valence-corrected chi connectivity index (χ4v) is 1.45. The molecule has 0 bridgehead atoms. The van der Waals surface area contributed by atoms with Gasteiger partial charge in [-0.3, -0.25) is 4.79 Å². The van der Waals surface area contributed by atoms with Gasteiger partial charge in [0.05, 0.1) is 17.7 Å². The molecular weight excluding hydrogens is 218 g/mol. The number of ether oxygens (including phenoxy) is 1. The first-order chi connectivity index (χ1) is 7.98. The Morgan fingerprint density at radius 2 is 2.18 bits per heavy atom. The fraction of sp³-hybridized carbons (Fsp3) is 0.500. The summed E-state index contributed by atoms with van der Waals surface area (Å²) in [5.41, 5.74) is 0.140. The monoisotopic (exact) mass is 237 g/mol. The summed E-state index contributed by atoms with van der Waals surface area (Å²) in [6, 6.07) is 3.50. The quantitative estimate of drug-likeness (QED) is 0.809. The van der Waals surface area contributed by atoms with Crippen LogP contribution in [0.25, 0.3) is 0 Å². The molecule has 0 aliphatic heterocycles. The average Bonchev–Trinajstić information content (AvgIpc) is 2.28. The van der Waals surface area contributed by atoms with Gasteiger partial charge in [-0.05, 0) is 26.0 Å². The Balaban J connectivity index is 2.69. The Morgan fingerprint density at radius 3 is 2.65 bits per heavy atom. The number of carbonyl (C=O) groups is 1. The number of anilines is 1. The lowest BCUT2D eigenvalue weighted by Crippen LogP contribution is -2.46. The second kappa shape index (κ2) is 5.63. The van der Waals surface area contributed by atoms with Crippen molar-refractivity contribution in [2.45, 2.75) is 19.4 Å². The number of nitrogens with zero attached hydrogens (tertiary/aromatic N) is 1. The number of nitrogens with one attached hydrogen (secondary N) is 2. The lowest BCUT2D eigenvalue weighted by atomic mass is 10.1. The molecule has 0 aliphatic rings. The van der Waals surface area contributed by atoms with E-state index in [2.05, 4.69) is 15.6 Å². The van der Waals surface area contributed by atoms with Crippen LogP contribution in [0.5, 0.6) is 0 Å². The molecular formula is C12H19N3O2. The predicted molar refractivity (Wildman–Crippen MR) is 67.2 cm³/mol. The van der Waals surface area contributed by atoms with Gasteiger partial charge in [-0.2, -0.15) is 0 Å². The Hall–Kier alpha value is -1.62. The van der Waals surface area contributed by atoms with Gasteiger partial charge in [-0.15, -0.1) is 0 Å². The zero-order chi connectivity index (χ0) is 12.9. The SMILES string of the molecule is CNc1ccc(C(=O)NC(C)(C)COC)cn1. The van der Waals surface area contributed by atoms with Crippen molar-refractivity contribution in [1.82, 2.24) is 10.3 Å². The molecule has 1 amide bonds. The fourth-order valence-electron chi connectivity index (χ4n) is 1.45. The van der Waals surface area contributed by atoms with E-state index < -0.39 is 5.54 Å². The molecule has 94 valence electrons. The van der Waals surface area contributed by atoms with Crippen LogP contribution in [0.3, 0.4) is 0 Å². The highest BCUT2D eigenvalue weighted by atomic mass is 16.5. The number of methoxy groups -OCH3 is 1. The molecule has 1 aromatic rings. The van der Waals surface area contributed by atoms with E-state index in [1.807, 2.05) is 13.8 Å². The van der Waals surface area contributed by atoms with E-state index in [0.717, 1.165) is 5.82 Å². The summed E-state index contributed by atoms with van der Waals surface area (Å²) >= 11 is 0. The lowest BCUT2D eigenvalue weighted by Gasteiger charge is -2.25. The highest BCUT2D eigenvalue weighted by Crippen LogP contribution is 2.07. The van der Waals surface area contributed by atoms with Crippen LogP contribution >= 0.6 is 0 Å². The zero-order valence-electron chi connectivity index (χ0n) is 10.7. The van der Waals surface area contributed by atoms with Crippen molar-refractivity contribution < 1.29 is 9.53 Å². The second-order valence-electron chi connectivity index (χ2n) is 4.45. The maximum atomic E-state index is 11.9. The molecule has 0 fully saturated rings. The number of aromatic nitrogens is 1. The maximum absolute atomic E-state index is 11.9. The topological polar surface area (TPSA) is 63.2 Å². The van der Waals surface area contributed by atoms with Gasteiger partial charge in [0, 0.05) is 20.4 Å². The first-order valence-electron chi connectivity index (χ1n) is 5.44. The Bertz CT molecular complexity index is 374. The molecule has 1 rings (SSSR count). The number of hydrogen-bond acceptors (Lipinski definition) is 4. The number of hydrogen-bond donors (Lipinski definition) is 2. The van der Waals surface area contributed by atoms with Gasteiger partial charge in [-0.1, -0.05) is 0 Å². The molecule has 5 nitrogen and oxygen atoms in total.